The highest BCUT2D eigenvalue weighted by Gasteiger charge is 2.46. The number of carbonyl (C=O) groups excluding carboxylic acids is 2. The quantitative estimate of drug-likeness (QED) is 0.337. The Bertz CT molecular complexity index is 1580. The summed E-state index contributed by atoms with van der Waals surface area (Å²) in [7, 11) is 1.59. The molecule has 1 amide bonds. The van der Waals surface area contributed by atoms with Crippen molar-refractivity contribution in [2.45, 2.75) is 43.9 Å². The third-order valence-electron chi connectivity index (χ3n) is 6.83. The highest BCUT2D eigenvalue weighted by molar-refractivity contribution is 8.01. The van der Waals surface area contributed by atoms with Crippen LogP contribution in [-0.4, -0.2) is 34.8 Å². The van der Waals surface area contributed by atoms with E-state index in [1.54, 1.807) is 36.3 Å². The number of methoxy groups -OCH3 is 1. The van der Waals surface area contributed by atoms with Crippen molar-refractivity contribution in [3.05, 3.63) is 68.8 Å². The molecule has 0 spiro atoms. The number of aromatic nitrogens is 2. The van der Waals surface area contributed by atoms with Crippen molar-refractivity contribution in [2.24, 2.45) is 11.1 Å². The Hall–Kier alpha value is -3.66. The van der Waals surface area contributed by atoms with Crippen LogP contribution in [0.25, 0.3) is 0 Å². The summed E-state index contributed by atoms with van der Waals surface area (Å²) in [5, 5.41) is 24.2. The van der Waals surface area contributed by atoms with Crippen LogP contribution < -0.4 is 20.7 Å². The summed E-state index contributed by atoms with van der Waals surface area (Å²) in [5.74, 6) is 0.433. The molecule has 2 aromatic heterocycles. The molecule has 0 saturated carbocycles. The van der Waals surface area contributed by atoms with Crippen molar-refractivity contribution in [2.75, 3.05) is 23.1 Å². The molecule has 3 heterocycles. The number of thioether (sulfide) groups is 1. The minimum atomic E-state index is -0.497. The standard InChI is InChI=1S/C28H28N6O3S3/c1-15-9-10-38-24(15)22-18(13-29)25(30)34(19-11-28(2,3)12-20(35)23(19)22)26-32-33-27(40-26)39-14-21(36)31-16-5-7-17(37-4)8-6-16/h5-10,22H,11-12,14,30H2,1-4H3,(H,31,36). The number of hydrogen-bond donors (Lipinski definition) is 2. The fraction of sp³-hybridized carbons (Fsp3) is 0.321. The van der Waals surface area contributed by atoms with Gasteiger partial charge in [0.15, 0.2) is 10.1 Å². The van der Waals surface area contributed by atoms with Gasteiger partial charge in [-0.3, -0.25) is 14.5 Å². The van der Waals surface area contributed by atoms with Gasteiger partial charge in [0, 0.05) is 28.3 Å². The Morgan fingerprint density at radius 2 is 2.02 bits per heavy atom. The second-order valence-electron chi connectivity index (χ2n) is 10.4. The highest BCUT2D eigenvalue weighted by atomic mass is 32.2. The predicted molar refractivity (Wildman–Crippen MR) is 158 cm³/mol. The van der Waals surface area contributed by atoms with Crippen molar-refractivity contribution in [3.63, 3.8) is 0 Å². The number of nitriles is 1. The fourth-order valence-electron chi connectivity index (χ4n) is 5.02. The summed E-state index contributed by atoms with van der Waals surface area (Å²) in [6, 6.07) is 11.4. The minimum Gasteiger partial charge on any atom is -0.497 e. The number of hydrogen-bond acceptors (Lipinski definition) is 11. The first-order valence-electron chi connectivity index (χ1n) is 12.5. The SMILES string of the molecule is COc1ccc(NC(=O)CSc2nnc(N3C(N)=C(C#N)C(c4sccc4C)C4=C3CC(C)(C)CC4=O)s2)cc1. The van der Waals surface area contributed by atoms with Gasteiger partial charge in [0.05, 0.1) is 30.4 Å². The second kappa shape index (κ2) is 11.1. The van der Waals surface area contributed by atoms with Gasteiger partial charge >= 0.3 is 0 Å². The smallest absolute Gasteiger partial charge is 0.234 e. The largest absolute Gasteiger partial charge is 0.497 e. The lowest BCUT2D eigenvalue weighted by molar-refractivity contribution is -0.118. The van der Waals surface area contributed by atoms with Crippen LogP contribution in [0.1, 0.15) is 43.0 Å². The molecule has 40 heavy (non-hydrogen) atoms. The number of nitrogens with two attached hydrogens (primary N) is 1. The number of amides is 1. The summed E-state index contributed by atoms with van der Waals surface area (Å²) >= 11 is 4.06. The van der Waals surface area contributed by atoms with Gasteiger partial charge in [-0.05, 0) is 60.0 Å². The molecule has 206 valence electrons. The molecule has 1 unspecified atom stereocenters. The van der Waals surface area contributed by atoms with Crippen LogP contribution in [-0.2, 0) is 9.59 Å². The molecule has 12 heteroatoms. The monoisotopic (exact) mass is 592 g/mol. The van der Waals surface area contributed by atoms with Crippen LogP contribution in [0.15, 0.2) is 62.7 Å². The first-order chi connectivity index (χ1) is 19.1. The third kappa shape index (κ3) is 5.37. The summed E-state index contributed by atoms with van der Waals surface area (Å²) in [4.78, 5) is 28.8. The Balaban J connectivity index is 1.43. The zero-order chi connectivity index (χ0) is 28.6. The van der Waals surface area contributed by atoms with Gasteiger partial charge in [0.25, 0.3) is 0 Å². The van der Waals surface area contributed by atoms with E-state index in [0.717, 1.165) is 16.1 Å². The van der Waals surface area contributed by atoms with Gasteiger partial charge in [0.2, 0.25) is 11.0 Å². The van der Waals surface area contributed by atoms with Crippen molar-refractivity contribution in [1.29, 1.82) is 5.26 Å². The first kappa shape index (κ1) is 27.9. The van der Waals surface area contributed by atoms with E-state index < -0.39 is 5.92 Å². The highest BCUT2D eigenvalue weighted by Crippen LogP contribution is 2.52. The molecular formula is C28H28N6O3S3. The van der Waals surface area contributed by atoms with E-state index in [-0.39, 0.29) is 28.7 Å². The minimum absolute atomic E-state index is 0.0172. The number of carbonyl (C=O) groups is 2. The van der Waals surface area contributed by atoms with E-state index in [4.69, 9.17) is 10.5 Å². The van der Waals surface area contributed by atoms with Crippen LogP contribution in [0.2, 0.25) is 0 Å². The Morgan fingerprint density at radius 1 is 1.27 bits per heavy atom. The molecule has 3 aromatic rings. The first-order valence-corrected chi connectivity index (χ1v) is 15.2. The number of rotatable bonds is 7. The van der Waals surface area contributed by atoms with Crippen LogP contribution in [0.3, 0.4) is 0 Å². The average molecular weight is 593 g/mol. The van der Waals surface area contributed by atoms with E-state index in [9.17, 15) is 14.9 Å². The van der Waals surface area contributed by atoms with E-state index in [1.165, 1.54) is 34.4 Å². The van der Waals surface area contributed by atoms with Gasteiger partial charge in [-0.1, -0.05) is 36.9 Å². The zero-order valence-electron chi connectivity index (χ0n) is 22.5. The zero-order valence-corrected chi connectivity index (χ0v) is 24.9. The van der Waals surface area contributed by atoms with E-state index in [0.29, 0.717) is 44.9 Å². The number of Topliss-reactive ketones (excluding diaryl/α,β-unsaturated/α-hetero) is 1. The van der Waals surface area contributed by atoms with Crippen LogP contribution in [0.4, 0.5) is 10.8 Å². The number of allylic oxidation sites excluding steroid dienone is 3. The molecule has 9 nitrogen and oxygen atoms in total. The lowest BCUT2D eigenvalue weighted by Crippen LogP contribution is -2.42. The molecule has 3 N–H and O–H groups in total. The number of ketones is 1. The average Bonchev–Trinajstić information content (AvgIpc) is 3.55. The number of ether oxygens (including phenoxy) is 1. The molecule has 0 bridgehead atoms. The van der Waals surface area contributed by atoms with Crippen LogP contribution >= 0.6 is 34.4 Å². The third-order valence-corrected chi connectivity index (χ3v) is 9.96. The Kier molecular flexibility index (Phi) is 7.72. The van der Waals surface area contributed by atoms with E-state index >= 15 is 0 Å². The number of aryl methyl sites for hydroxylation is 1. The molecule has 5 rings (SSSR count). The maximum absolute atomic E-state index is 13.6. The molecule has 0 fully saturated rings. The van der Waals surface area contributed by atoms with Crippen LogP contribution in [0, 0.1) is 23.7 Å². The van der Waals surface area contributed by atoms with Crippen molar-refractivity contribution < 1.29 is 14.3 Å². The van der Waals surface area contributed by atoms with Gasteiger partial charge in [-0.25, -0.2) is 0 Å². The summed E-state index contributed by atoms with van der Waals surface area (Å²) in [6.07, 6.45) is 0.987. The maximum atomic E-state index is 13.6. The molecule has 1 atom stereocenters. The number of anilines is 2. The van der Waals surface area contributed by atoms with Gasteiger partial charge in [0.1, 0.15) is 11.6 Å². The lowest BCUT2D eigenvalue weighted by atomic mass is 9.69. The van der Waals surface area contributed by atoms with Gasteiger partial charge in [-0.15, -0.1) is 21.5 Å². The Labute approximate surface area is 244 Å². The summed E-state index contributed by atoms with van der Waals surface area (Å²) < 4.78 is 5.72. The summed E-state index contributed by atoms with van der Waals surface area (Å²) in [6.45, 7) is 6.10. The normalized spacial score (nSPS) is 18.4. The molecule has 0 saturated heterocycles. The molecule has 1 aliphatic heterocycles. The lowest BCUT2D eigenvalue weighted by Gasteiger charge is -2.42. The number of benzene rings is 1. The number of nitrogens with one attached hydrogen (secondary N) is 1. The summed E-state index contributed by atoms with van der Waals surface area (Å²) in [5.41, 5.74) is 9.81. The van der Waals surface area contributed by atoms with Crippen molar-refractivity contribution >= 4 is 56.9 Å². The Morgan fingerprint density at radius 3 is 2.67 bits per heavy atom. The molecular weight excluding hydrogens is 565 g/mol. The van der Waals surface area contributed by atoms with E-state index in [1.807, 2.05) is 18.4 Å². The molecule has 2 aliphatic rings. The van der Waals surface area contributed by atoms with Crippen molar-refractivity contribution in [1.82, 2.24) is 10.2 Å². The van der Waals surface area contributed by atoms with E-state index in [2.05, 4.69) is 35.4 Å². The fourth-order valence-corrected chi connectivity index (χ4v) is 7.74. The van der Waals surface area contributed by atoms with Gasteiger partial charge in [-0.2, -0.15) is 5.26 Å². The second-order valence-corrected chi connectivity index (χ2v) is 13.5. The molecule has 1 aromatic carbocycles. The van der Waals surface area contributed by atoms with Crippen LogP contribution in [0.5, 0.6) is 5.75 Å². The number of nitrogens with zero attached hydrogens (tertiary/aromatic N) is 4. The maximum Gasteiger partial charge on any atom is 0.234 e. The predicted octanol–water partition coefficient (Wildman–Crippen LogP) is 5.59. The number of thiophene rings is 1. The van der Waals surface area contributed by atoms with Crippen molar-refractivity contribution in [3.8, 4) is 11.8 Å². The molecule has 1 aliphatic carbocycles. The topological polar surface area (TPSA) is 134 Å². The molecule has 0 radical (unpaired) electrons. The van der Waals surface area contributed by atoms with Gasteiger partial charge < -0.3 is 15.8 Å².